The summed E-state index contributed by atoms with van der Waals surface area (Å²) in [6.07, 6.45) is 3.43. The molecule has 9 nitrogen and oxygen atoms in total. The lowest BCUT2D eigenvalue weighted by Crippen LogP contribution is -2.29. The number of carbonyl (C=O) groups is 1. The number of hydrogen-bond donors (Lipinski definition) is 4. The molecule has 1 aliphatic rings. The highest BCUT2D eigenvalue weighted by molar-refractivity contribution is 5.94. The summed E-state index contributed by atoms with van der Waals surface area (Å²) in [6.45, 7) is 1.90. The SMILES string of the molecule is O=C(Oc1c(-c2ccc(O)c(O)c2)oc2cc(O)cc(O)c2c1=O)c1ccc(N2CCCCC2)cc1. The van der Waals surface area contributed by atoms with Gasteiger partial charge in [0.15, 0.2) is 17.3 Å². The van der Waals surface area contributed by atoms with E-state index in [2.05, 4.69) is 4.90 Å². The van der Waals surface area contributed by atoms with Crippen molar-refractivity contribution in [3.05, 3.63) is 70.4 Å². The van der Waals surface area contributed by atoms with Gasteiger partial charge in [-0.3, -0.25) is 4.79 Å². The number of hydrogen-bond acceptors (Lipinski definition) is 9. The van der Waals surface area contributed by atoms with Gasteiger partial charge in [-0.1, -0.05) is 0 Å². The maximum absolute atomic E-state index is 13.3. The fraction of sp³-hybridized carbons (Fsp3) is 0.185. The topological polar surface area (TPSA) is 141 Å². The van der Waals surface area contributed by atoms with Crippen molar-refractivity contribution in [2.24, 2.45) is 0 Å². The lowest BCUT2D eigenvalue weighted by Gasteiger charge is -2.28. The van der Waals surface area contributed by atoms with Crippen molar-refractivity contribution in [2.45, 2.75) is 19.3 Å². The lowest BCUT2D eigenvalue weighted by molar-refractivity contribution is 0.0731. The quantitative estimate of drug-likeness (QED) is 0.241. The van der Waals surface area contributed by atoms with Crippen molar-refractivity contribution in [2.75, 3.05) is 18.0 Å². The van der Waals surface area contributed by atoms with E-state index in [1.165, 1.54) is 18.6 Å². The standard InChI is InChI=1S/C27H23NO8/c29-18-13-21(32)23-22(14-18)35-25(16-6-9-19(30)20(31)12-16)26(24(23)33)36-27(34)15-4-7-17(8-5-15)28-10-2-1-3-11-28/h4-9,12-14,29-32H,1-3,10-11H2. The van der Waals surface area contributed by atoms with Gasteiger partial charge in [0.25, 0.3) is 0 Å². The summed E-state index contributed by atoms with van der Waals surface area (Å²) in [5.41, 5.74) is 0.293. The van der Waals surface area contributed by atoms with Gasteiger partial charge in [-0.2, -0.15) is 0 Å². The predicted molar refractivity (Wildman–Crippen MR) is 132 cm³/mol. The molecule has 0 atom stereocenters. The average molecular weight is 489 g/mol. The van der Waals surface area contributed by atoms with Crippen LogP contribution in [0.4, 0.5) is 5.69 Å². The van der Waals surface area contributed by atoms with E-state index in [0.29, 0.717) is 0 Å². The molecule has 2 heterocycles. The molecule has 4 aromatic rings. The molecule has 5 rings (SSSR count). The Balaban J connectivity index is 1.57. The molecule has 0 saturated carbocycles. The zero-order valence-corrected chi connectivity index (χ0v) is 19.1. The summed E-state index contributed by atoms with van der Waals surface area (Å²) in [6, 6.07) is 12.6. The summed E-state index contributed by atoms with van der Waals surface area (Å²) >= 11 is 0. The number of rotatable bonds is 4. The predicted octanol–water partition coefficient (Wildman–Crippen LogP) is 4.49. The number of piperidine rings is 1. The van der Waals surface area contributed by atoms with Crippen LogP contribution in [0.3, 0.4) is 0 Å². The maximum atomic E-state index is 13.3. The lowest BCUT2D eigenvalue weighted by atomic mass is 10.1. The van der Waals surface area contributed by atoms with Crippen molar-refractivity contribution < 1.29 is 34.4 Å². The number of anilines is 1. The fourth-order valence-corrected chi connectivity index (χ4v) is 4.33. The Labute approximate surface area is 205 Å². The molecule has 4 N–H and O–H groups in total. The average Bonchev–Trinajstić information content (AvgIpc) is 2.87. The van der Waals surface area contributed by atoms with Crippen LogP contribution in [0.2, 0.25) is 0 Å². The fourth-order valence-electron chi connectivity index (χ4n) is 4.33. The van der Waals surface area contributed by atoms with Crippen LogP contribution in [0.15, 0.2) is 63.8 Å². The van der Waals surface area contributed by atoms with Crippen molar-refractivity contribution >= 4 is 22.6 Å². The summed E-state index contributed by atoms with van der Waals surface area (Å²) in [7, 11) is 0. The van der Waals surface area contributed by atoms with E-state index in [4.69, 9.17) is 9.15 Å². The third-order valence-electron chi connectivity index (χ3n) is 6.17. The van der Waals surface area contributed by atoms with Gasteiger partial charge in [0, 0.05) is 36.5 Å². The summed E-state index contributed by atoms with van der Waals surface area (Å²) in [4.78, 5) is 28.6. The normalized spacial score (nSPS) is 13.6. The second kappa shape index (κ2) is 9.18. The number of aromatic hydroxyl groups is 4. The van der Waals surface area contributed by atoms with Crippen LogP contribution in [0.1, 0.15) is 29.6 Å². The first-order chi connectivity index (χ1) is 17.3. The minimum Gasteiger partial charge on any atom is -0.508 e. The zero-order valence-electron chi connectivity index (χ0n) is 19.1. The highest BCUT2D eigenvalue weighted by atomic mass is 16.5. The maximum Gasteiger partial charge on any atom is 0.343 e. The second-order valence-corrected chi connectivity index (χ2v) is 8.62. The van der Waals surface area contributed by atoms with Gasteiger partial charge in [-0.15, -0.1) is 0 Å². The molecule has 0 amide bonds. The first-order valence-corrected chi connectivity index (χ1v) is 11.4. The number of phenolic OH excluding ortho intramolecular Hbond substituents is 4. The van der Waals surface area contributed by atoms with Gasteiger partial charge in [0.2, 0.25) is 11.2 Å². The van der Waals surface area contributed by atoms with Crippen LogP contribution in [-0.2, 0) is 0 Å². The van der Waals surface area contributed by atoms with Crippen LogP contribution >= 0.6 is 0 Å². The number of phenols is 4. The van der Waals surface area contributed by atoms with Crippen LogP contribution in [0, 0.1) is 0 Å². The monoisotopic (exact) mass is 489 g/mol. The van der Waals surface area contributed by atoms with E-state index < -0.39 is 34.4 Å². The van der Waals surface area contributed by atoms with Gasteiger partial charge in [0.05, 0.1) is 5.56 Å². The molecule has 1 aromatic heterocycles. The van der Waals surface area contributed by atoms with Crippen LogP contribution in [0.5, 0.6) is 28.7 Å². The molecule has 36 heavy (non-hydrogen) atoms. The van der Waals surface area contributed by atoms with E-state index in [1.54, 1.807) is 12.1 Å². The van der Waals surface area contributed by atoms with Crippen molar-refractivity contribution in [3.8, 4) is 40.1 Å². The molecule has 9 heteroatoms. The highest BCUT2D eigenvalue weighted by Gasteiger charge is 2.24. The van der Waals surface area contributed by atoms with Crippen molar-refractivity contribution in [1.82, 2.24) is 0 Å². The number of esters is 1. The number of fused-ring (bicyclic) bond motifs is 1. The molecule has 0 aliphatic carbocycles. The molecule has 3 aromatic carbocycles. The smallest absolute Gasteiger partial charge is 0.343 e. The Kier molecular flexibility index (Phi) is 5.89. The first-order valence-electron chi connectivity index (χ1n) is 11.4. The molecule has 0 unspecified atom stereocenters. The minimum atomic E-state index is -0.852. The molecule has 1 aliphatic heterocycles. The molecule has 1 fully saturated rings. The zero-order chi connectivity index (χ0) is 25.4. The van der Waals surface area contributed by atoms with E-state index in [0.717, 1.165) is 49.8 Å². The van der Waals surface area contributed by atoms with Gasteiger partial charge in [-0.05, 0) is 61.7 Å². The Morgan fingerprint density at radius 1 is 0.833 bits per heavy atom. The van der Waals surface area contributed by atoms with Crippen LogP contribution in [0.25, 0.3) is 22.3 Å². The highest BCUT2D eigenvalue weighted by Crippen LogP contribution is 2.38. The van der Waals surface area contributed by atoms with Crippen LogP contribution in [-0.4, -0.2) is 39.5 Å². The molecule has 184 valence electrons. The third kappa shape index (κ3) is 4.26. The first kappa shape index (κ1) is 23.1. The Morgan fingerprint density at radius 2 is 1.56 bits per heavy atom. The van der Waals surface area contributed by atoms with Gasteiger partial charge >= 0.3 is 5.97 Å². The molecular weight excluding hydrogens is 466 g/mol. The number of benzene rings is 3. The summed E-state index contributed by atoms with van der Waals surface area (Å²) in [5, 5.41) is 39.4. The third-order valence-corrected chi connectivity index (χ3v) is 6.17. The van der Waals surface area contributed by atoms with E-state index in [9.17, 15) is 30.0 Å². The Hall–Kier alpha value is -4.66. The molecule has 0 radical (unpaired) electrons. The summed E-state index contributed by atoms with van der Waals surface area (Å²) < 4.78 is 11.2. The number of ether oxygens (including phenoxy) is 1. The minimum absolute atomic E-state index is 0.121. The largest absolute Gasteiger partial charge is 0.508 e. The molecule has 1 saturated heterocycles. The van der Waals surface area contributed by atoms with Gasteiger partial charge in [-0.25, -0.2) is 4.79 Å². The van der Waals surface area contributed by atoms with E-state index >= 15 is 0 Å². The molecular formula is C27H23NO8. The van der Waals surface area contributed by atoms with Crippen molar-refractivity contribution in [3.63, 3.8) is 0 Å². The Bertz CT molecular complexity index is 1520. The summed E-state index contributed by atoms with van der Waals surface area (Å²) in [5.74, 6) is -3.36. The molecule has 0 spiro atoms. The van der Waals surface area contributed by atoms with E-state index in [1.807, 2.05) is 12.1 Å². The van der Waals surface area contributed by atoms with Gasteiger partial charge < -0.3 is 34.5 Å². The van der Waals surface area contributed by atoms with Crippen LogP contribution < -0.4 is 15.1 Å². The van der Waals surface area contributed by atoms with Gasteiger partial charge in [0.1, 0.15) is 22.5 Å². The second-order valence-electron chi connectivity index (χ2n) is 8.62. The number of carbonyl (C=O) groups excluding carboxylic acids is 1. The van der Waals surface area contributed by atoms with Crippen molar-refractivity contribution in [1.29, 1.82) is 0 Å². The molecule has 0 bridgehead atoms. The number of nitrogens with zero attached hydrogens (tertiary/aromatic N) is 1. The van der Waals surface area contributed by atoms with E-state index in [-0.39, 0.29) is 33.6 Å². The Morgan fingerprint density at radius 3 is 2.25 bits per heavy atom.